The van der Waals surface area contributed by atoms with E-state index in [2.05, 4.69) is 10.1 Å². The van der Waals surface area contributed by atoms with Crippen LogP contribution in [-0.2, 0) is 9.47 Å². The number of hydrogen-bond acceptors (Lipinski definition) is 2. The SMILES string of the molecule is C[N-]CC1CO1.[NH-]CC1CO1.[U].[U].[U]. The summed E-state index contributed by atoms with van der Waals surface area (Å²) in [6.07, 6.45) is 0.782. The number of rotatable bonds is 3. The van der Waals surface area contributed by atoms with Crippen LogP contribution < -0.4 is 0 Å². The molecule has 2 rings (SSSR count). The molecule has 78 valence electrons. The molecule has 0 aromatic heterocycles. The topological polar surface area (TPSA) is 63.0 Å². The summed E-state index contributed by atoms with van der Waals surface area (Å²) in [5, 5.41) is 3.87. The smallest absolute Gasteiger partial charge is 0.0715 e. The number of likely N-dealkylation sites (N-methyl/N-ethyl adjacent to an activating group) is 1. The van der Waals surface area contributed by atoms with Gasteiger partial charge in [-0.15, -0.1) is 13.1 Å². The van der Waals surface area contributed by atoms with Crippen molar-refractivity contribution < 1.29 is 103 Å². The van der Waals surface area contributed by atoms with Crippen molar-refractivity contribution in [2.75, 3.05) is 33.4 Å². The zero-order chi connectivity index (χ0) is 8.10. The second-order valence-electron chi connectivity index (χ2n) is 2.61. The van der Waals surface area contributed by atoms with E-state index >= 15 is 0 Å². The van der Waals surface area contributed by atoms with Gasteiger partial charge in [-0.3, -0.25) is 0 Å². The summed E-state index contributed by atoms with van der Waals surface area (Å²) < 4.78 is 9.53. The first-order valence-corrected chi connectivity index (χ1v) is 3.80. The number of hydrogen-bond donors (Lipinski definition) is 0. The fraction of sp³-hybridized carbons (Fsp3) is 1.00. The number of epoxide rings is 2. The van der Waals surface area contributed by atoms with Gasteiger partial charge in [-0.1, -0.05) is 0 Å². The Labute approximate surface area is 157 Å². The number of ether oxygens (including phenoxy) is 2. The summed E-state index contributed by atoms with van der Waals surface area (Å²) in [7, 11) is 1.81. The molecule has 0 bridgehead atoms. The van der Waals surface area contributed by atoms with Gasteiger partial charge in [0.2, 0.25) is 0 Å². The zero-order valence-electron chi connectivity index (χ0n) is 8.25. The van der Waals surface area contributed by atoms with Gasteiger partial charge in [0.1, 0.15) is 0 Å². The van der Waals surface area contributed by atoms with Crippen molar-refractivity contribution in [3.63, 3.8) is 0 Å². The minimum absolute atomic E-state index is 0. The number of nitrogens with zero attached hydrogens (tertiary/aromatic N) is 1. The largest absolute Gasteiger partial charge is 0.675 e. The first-order chi connectivity index (χ1) is 5.36. The molecule has 2 saturated heterocycles. The van der Waals surface area contributed by atoms with Crippen molar-refractivity contribution in [2.45, 2.75) is 12.2 Å². The quantitative estimate of drug-likeness (QED) is 0.396. The normalized spacial score (nSPS) is 25.3. The molecule has 2 unspecified atom stereocenters. The third-order valence-corrected chi connectivity index (χ3v) is 1.42. The monoisotopic (exact) mass is 872 g/mol. The van der Waals surface area contributed by atoms with Crippen molar-refractivity contribution >= 4 is 0 Å². The molecule has 0 aromatic rings. The Morgan fingerprint density at radius 2 is 1.57 bits per heavy atom. The molecule has 2 atom stereocenters. The van der Waals surface area contributed by atoms with E-state index in [0.717, 1.165) is 19.8 Å². The molecule has 7 heteroatoms. The van der Waals surface area contributed by atoms with Gasteiger partial charge in [0.05, 0.1) is 25.4 Å². The maximum Gasteiger partial charge on any atom is 0.0715 e. The van der Waals surface area contributed by atoms with E-state index in [1.54, 1.807) is 0 Å². The summed E-state index contributed by atoms with van der Waals surface area (Å²) in [4.78, 5) is 0. The molecule has 2 aliphatic rings. The molecule has 0 saturated carbocycles. The summed E-state index contributed by atoms with van der Waals surface area (Å²) in [5.41, 5.74) is 6.59. The fourth-order valence-electron chi connectivity index (χ4n) is 0.563. The third kappa shape index (κ3) is 15.0. The maximum atomic E-state index is 6.59. The number of nitrogens with one attached hydrogen (secondary N) is 1. The Kier molecular flexibility index (Phi) is 22.3. The van der Waals surface area contributed by atoms with Crippen molar-refractivity contribution in [2.24, 2.45) is 0 Å². The van der Waals surface area contributed by atoms with Crippen molar-refractivity contribution in [1.29, 1.82) is 0 Å². The molecule has 14 heavy (non-hydrogen) atoms. The maximum absolute atomic E-state index is 6.59. The van der Waals surface area contributed by atoms with Gasteiger partial charge in [0, 0.05) is 93.3 Å². The van der Waals surface area contributed by atoms with Crippen LogP contribution in [0.15, 0.2) is 0 Å². The van der Waals surface area contributed by atoms with Crippen LogP contribution in [0, 0.1) is 93.3 Å². The summed E-state index contributed by atoms with van der Waals surface area (Å²) in [6.45, 7) is 3.08. The zero-order valence-corrected chi connectivity index (χ0v) is 20.7. The van der Waals surface area contributed by atoms with Gasteiger partial charge in [0.15, 0.2) is 0 Å². The van der Waals surface area contributed by atoms with Gasteiger partial charge in [-0.2, -0.15) is 7.05 Å². The molecule has 0 spiro atoms. The fourth-order valence-corrected chi connectivity index (χ4v) is 0.563. The van der Waals surface area contributed by atoms with Gasteiger partial charge in [0.25, 0.3) is 0 Å². The van der Waals surface area contributed by atoms with Crippen molar-refractivity contribution in [3.8, 4) is 0 Å². The van der Waals surface area contributed by atoms with Crippen LogP contribution in [0.3, 0.4) is 0 Å². The molecule has 0 radical (unpaired) electrons. The Morgan fingerprint density at radius 3 is 1.64 bits per heavy atom. The first-order valence-electron chi connectivity index (χ1n) is 3.80. The average molecular weight is 872 g/mol. The minimum Gasteiger partial charge on any atom is -0.675 e. The second kappa shape index (κ2) is 14.1. The summed E-state index contributed by atoms with van der Waals surface area (Å²) in [5.74, 6) is 0. The first kappa shape index (κ1) is 22.2. The average Bonchev–Trinajstić information content (AvgIpc) is 2.87. The molecule has 2 heterocycles. The molecular weight excluding hydrogens is 858 g/mol. The Balaban J connectivity index is -0.000000144. The van der Waals surface area contributed by atoms with Gasteiger partial charge in [-0.05, 0) is 0 Å². The van der Waals surface area contributed by atoms with Crippen LogP contribution >= 0.6 is 0 Å². The third-order valence-electron chi connectivity index (χ3n) is 1.42. The predicted octanol–water partition coefficient (Wildman–Crippen LogP) is 0.826. The van der Waals surface area contributed by atoms with Crippen molar-refractivity contribution in [3.05, 3.63) is 11.1 Å². The van der Waals surface area contributed by atoms with Crippen LogP contribution in [0.4, 0.5) is 0 Å². The molecule has 0 amide bonds. The second-order valence-corrected chi connectivity index (χ2v) is 2.61. The van der Waals surface area contributed by atoms with E-state index in [-0.39, 0.29) is 93.3 Å². The molecule has 2 aliphatic heterocycles. The Hall–Kier alpha value is 3.00. The van der Waals surface area contributed by atoms with Crippen LogP contribution in [0.25, 0.3) is 11.1 Å². The van der Waals surface area contributed by atoms with E-state index in [0.29, 0.717) is 18.8 Å². The van der Waals surface area contributed by atoms with E-state index < -0.39 is 0 Å². The Bertz CT molecular complexity index is 113. The molecule has 2 fully saturated rings. The van der Waals surface area contributed by atoms with Crippen LogP contribution in [0.5, 0.6) is 0 Å². The Morgan fingerprint density at radius 1 is 1.14 bits per heavy atom. The van der Waals surface area contributed by atoms with Gasteiger partial charge in [-0.25, -0.2) is 0 Å². The molecule has 1 N–H and O–H groups in total. The van der Waals surface area contributed by atoms with Crippen molar-refractivity contribution in [1.82, 2.24) is 0 Å². The standard InChI is InChI=1S/C4H8NO.C3H6NO.3U/c1-5-2-4-3-6-4;4-1-3-2-5-3;;;/h4H,2-3H2,1H3;3-4H,1-2H2;;;/q2*-1;;;. The van der Waals surface area contributed by atoms with Gasteiger partial charge >= 0.3 is 0 Å². The van der Waals surface area contributed by atoms with E-state index in [1.807, 2.05) is 7.05 Å². The molecule has 0 aliphatic carbocycles. The van der Waals surface area contributed by atoms with E-state index in [9.17, 15) is 0 Å². The molecular formula is C7H14N2O2U3-2. The van der Waals surface area contributed by atoms with Crippen LogP contribution in [0.1, 0.15) is 0 Å². The predicted molar refractivity (Wildman–Crippen MR) is 42.8 cm³/mol. The minimum atomic E-state index is 0. The van der Waals surface area contributed by atoms with Gasteiger partial charge < -0.3 is 20.5 Å². The summed E-state index contributed by atoms with van der Waals surface area (Å²) >= 11 is 0. The van der Waals surface area contributed by atoms with E-state index in [1.165, 1.54) is 0 Å². The summed E-state index contributed by atoms with van der Waals surface area (Å²) in [6, 6.07) is 0. The molecule has 0 aromatic carbocycles. The van der Waals surface area contributed by atoms with Crippen LogP contribution in [0.2, 0.25) is 0 Å². The van der Waals surface area contributed by atoms with E-state index in [4.69, 9.17) is 10.5 Å². The molecule has 4 nitrogen and oxygen atoms in total. The van der Waals surface area contributed by atoms with Crippen LogP contribution in [-0.4, -0.2) is 45.6 Å².